The second-order valence-corrected chi connectivity index (χ2v) is 5.20. The largest absolute Gasteiger partial charge is 0.381 e. The van der Waals surface area contributed by atoms with E-state index in [1.165, 1.54) is 0 Å². The van der Waals surface area contributed by atoms with Gasteiger partial charge in [0, 0.05) is 38.5 Å². The van der Waals surface area contributed by atoms with Crippen LogP contribution in [0.1, 0.15) is 31.2 Å². The highest BCUT2D eigenvalue weighted by Gasteiger charge is 2.14. The number of ether oxygens (including phenoxy) is 2. The lowest BCUT2D eigenvalue weighted by Gasteiger charge is -2.22. The molecule has 1 heterocycles. The summed E-state index contributed by atoms with van der Waals surface area (Å²) in [6.45, 7) is 2.60. The molecular weight excluding hydrogens is 268 g/mol. The van der Waals surface area contributed by atoms with Crippen molar-refractivity contribution in [2.75, 3.05) is 25.1 Å². The molecule has 1 aromatic rings. The Morgan fingerprint density at radius 1 is 1.33 bits per heavy atom. The van der Waals surface area contributed by atoms with Crippen molar-refractivity contribution in [1.29, 1.82) is 0 Å². The van der Waals surface area contributed by atoms with Crippen molar-refractivity contribution in [3.8, 4) is 0 Å². The van der Waals surface area contributed by atoms with Gasteiger partial charge in [-0.2, -0.15) is 0 Å². The molecule has 0 spiro atoms. The first-order chi connectivity index (χ1) is 10.3. The quantitative estimate of drug-likeness (QED) is 0.754. The lowest BCUT2D eigenvalue weighted by atomic mass is 10.1. The summed E-state index contributed by atoms with van der Waals surface area (Å²) in [6, 6.07) is 7.60. The highest BCUT2D eigenvalue weighted by atomic mass is 16.5. The number of nitrogens with two attached hydrogens (primary N) is 1. The molecule has 5 nitrogen and oxygen atoms in total. The number of carbonyl (C=O) groups is 1. The summed E-state index contributed by atoms with van der Waals surface area (Å²) >= 11 is 0. The zero-order valence-corrected chi connectivity index (χ0v) is 12.3. The van der Waals surface area contributed by atoms with Gasteiger partial charge in [-0.25, -0.2) is 0 Å². The van der Waals surface area contributed by atoms with Gasteiger partial charge in [0.05, 0.1) is 6.10 Å². The number of hydrogen-bond donors (Lipinski definition) is 2. The number of amides is 1. The number of hydrogen-bond acceptors (Lipinski definition) is 4. The SMILES string of the molecule is NCc1ccccc1NC(=O)CCCOC1CCOCC1. The van der Waals surface area contributed by atoms with E-state index in [9.17, 15) is 4.79 Å². The predicted octanol–water partition coefficient (Wildman–Crippen LogP) is 2.06. The Bertz CT molecular complexity index is 445. The molecule has 0 atom stereocenters. The maximum atomic E-state index is 11.9. The number of benzene rings is 1. The molecule has 2 rings (SSSR count). The molecule has 5 heteroatoms. The predicted molar refractivity (Wildman–Crippen MR) is 82.0 cm³/mol. The molecular formula is C16H24N2O3. The number of para-hydroxylation sites is 1. The van der Waals surface area contributed by atoms with E-state index in [4.69, 9.17) is 15.2 Å². The number of carbonyl (C=O) groups excluding carboxylic acids is 1. The highest BCUT2D eigenvalue weighted by molar-refractivity contribution is 5.91. The van der Waals surface area contributed by atoms with Crippen molar-refractivity contribution >= 4 is 11.6 Å². The van der Waals surface area contributed by atoms with Crippen molar-refractivity contribution in [3.05, 3.63) is 29.8 Å². The topological polar surface area (TPSA) is 73.6 Å². The van der Waals surface area contributed by atoms with Crippen LogP contribution in [0.4, 0.5) is 5.69 Å². The van der Waals surface area contributed by atoms with E-state index < -0.39 is 0 Å². The molecule has 1 aromatic carbocycles. The lowest BCUT2D eigenvalue weighted by molar-refractivity contribution is -0.116. The molecule has 0 saturated carbocycles. The molecule has 0 radical (unpaired) electrons. The van der Waals surface area contributed by atoms with Crippen LogP contribution < -0.4 is 11.1 Å². The normalized spacial score (nSPS) is 15.9. The Kier molecular flexibility index (Phi) is 6.66. The molecule has 0 aromatic heterocycles. The fourth-order valence-corrected chi connectivity index (χ4v) is 2.36. The first kappa shape index (κ1) is 15.9. The molecule has 3 N–H and O–H groups in total. The van der Waals surface area contributed by atoms with Crippen molar-refractivity contribution < 1.29 is 14.3 Å². The van der Waals surface area contributed by atoms with Crippen molar-refractivity contribution in [1.82, 2.24) is 0 Å². The van der Waals surface area contributed by atoms with Gasteiger partial charge < -0.3 is 20.5 Å². The first-order valence-electron chi connectivity index (χ1n) is 7.57. The van der Waals surface area contributed by atoms with Gasteiger partial charge in [0.25, 0.3) is 0 Å². The van der Waals surface area contributed by atoms with Gasteiger partial charge in [0.15, 0.2) is 0 Å². The molecule has 0 aliphatic carbocycles. The second kappa shape index (κ2) is 8.77. The molecule has 1 aliphatic rings. The van der Waals surface area contributed by atoms with Crippen molar-refractivity contribution in [2.24, 2.45) is 5.73 Å². The standard InChI is InChI=1S/C16H24N2O3/c17-12-13-4-1-2-5-15(13)18-16(19)6-3-9-21-14-7-10-20-11-8-14/h1-2,4-5,14H,3,6-12,17H2,(H,18,19). The molecule has 1 aliphatic heterocycles. The zero-order valence-electron chi connectivity index (χ0n) is 12.3. The van der Waals surface area contributed by atoms with Crippen LogP contribution in [-0.4, -0.2) is 31.8 Å². The van der Waals surface area contributed by atoms with E-state index in [1.54, 1.807) is 0 Å². The van der Waals surface area contributed by atoms with Crippen LogP contribution in [-0.2, 0) is 20.8 Å². The molecule has 1 saturated heterocycles. The molecule has 0 bridgehead atoms. The molecule has 1 amide bonds. The Hall–Kier alpha value is -1.43. The fourth-order valence-electron chi connectivity index (χ4n) is 2.36. The summed E-state index contributed by atoms with van der Waals surface area (Å²) in [5.74, 6) is 0.00600. The van der Waals surface area contributed by atoms with Crippen molar-refractivity contribution in [2.45, 2.75) is 38.3 Å². The van der Waals surface area contributed by atoms with Crippen LogP contribution in [0.2, 0.25) is 0 Å². The van der Waals surface area contributed by atoms with Crippen LogP contribution in [0.5, 0.6) is 0 Å². The van der Waals surface area contributed by atoms with Gasteiger partial charge in [-0.05, 0) is 30.9 Å². The lowest BCUT2D eigenvalue weighted by Crippen LogP contribution is -2.24. The third-order valence-electron chi connectivity index (χ3n) is 3.58. The minimum Gasteiger partial charge on any atom is -0.381 e. The zero-order chi connectivity index (χ0) is 14.9. The van der Waals surface area contributed by atoms with E-state index in [-0.39, 0.29) is 5.91 Å². The Balaban J connectivity index is 1.65. The third-order valence-corrected chi connectivity index (χ3v) is 3.58. The Morgan fingerprint density at radius 3 is 2.86 bits per heavy atom. The molecule has 21 heavy (non-hydrogen) atoms. The number of rotatable bonds is 7. The minimum absolute atomic E-state index is 0.00600. The average Bonchev–Trinajstić information content (AvgIpc) is 2.53. The summed E-state index contributed by atoms with van der Waals surface area (Å²) in [7, 11) is 0. The summed E-state index contributed by atoms with van der Waals surface area (Å²) in [4.78, 5) is 11.9. The molecule has 1 fully saturated rings. The highest BCUT2D eigenvalue weighted by Crippen LogP contribution is 2.15. The third kappa shape index (κ3) is 5.46. The number of anilines is 1. The average molecular weight is 292 g/mol. The van der Waals surface area contributed by atoms with E-state index in [2.05, 4.69) is 5.32 Å². The van der Waals surface area contributed by atoms with E-state index in [1.807, 2.05) is 24.3 Å². The van der Waals surface area contributed by atoms with Crippen LogP contribution >= 0.6 is 0 Å². The first-order valence-corrected chi connectivity index (χ1v) is 7.57. The van der Waals surface area contributed by atoms with Gasteiger partial charge >= 0.3 is 0 Å². The summed E-state index contributed by atoms with van der Waals surface area (Å²) < 4.78 is 11.0. The summed E-state index contributed by atoms with van der Waals surface area (Å²) in [5, 5.41) is 2.91. The molecule has 0 unspecified atom stereocenters. The minimum atomic E-state index is 0.00600. The van der Waals surface area contributed by atoms with E-state index in [0.29, 0.717) is 25.7 Å². The second-order valence-electron chi connectivity index (χ2n) is 5.20. The van der Waals surface area contributed by atoms with Crippen LogP contribution in [0.15, 0.2) is 24.3 Å². The van der Waals surface area contributed by atoms with Crippen LogP contribution in [0, 0.1) is 0 Å². The Labute approximate surface area is 125 Å². The fraction of sp³-hybridized carbons (Fsp3) is 0.562. The smallest absolute Gasteiger partial charge is 0.224 e. The van der Waals surface area contributed by atoms with Gasteiger partial charge in [-0.3, -0.25) is 4.79 Å². The summed E-state index contributed by atoms with van der Waals surface area (Å²) in [5.41, 5.74) is 7.40. The van der Waals surface area contributed by atoms with Crippen LogP contribution in [0.3, 0.4) is 0 Å². The van der Waals surface area contributed by atoms with E-state index in [0.717, 1.165) is 43.7 Å². The summed E-state index contributed by atoms with van der Waals surface area (Å²) in [6.07, 6.45) is 3.39. The maximum absolute atomic E-state index is 11.9. The van der Waals surface area contributed by atoms with Gasteiger partial charge in [-0.1, -0.05) is 18.2 Å². The maximum Gasteiger partial charge on any atom is 0.224 e. The van der Waals surface area contributed by atoms with Crippen LogP contribution in [0.25, 0.3) is 0 Å². The van der Waals surface area contributed by atoms with Gasteiger partial charge in [0.2, 0.25) is 5.91 Å². The Morgan fingerprint density at radius 2 is 2.10 bits per heavy atom. The van der Waals surface area contributed by atoms with Gasteiger partial charge in [-0.15, -0.1) is 0 Å². The molecule has 116 valence electrons. The van der Waals surface area contributed by atoms with E-state index >= 15 is 0 Å². The van der Waals surface area contributed by atoms with Gasteiger partial charge in [0.1, 0.15) is 0 Å². The van der Waals surface area contributed by atoms with Crippen molar-refractivity contribution in [3.63, 3.8) is 0 Å². The number of nitrogens with one attached hydrogen (secondary N) is 1. The monoisotopic (exact) mass is 292 g/mol.